The first-order valence-electron chi connectivity index (χ1n) is 20.3. The maximum Gasteiger partial charge on any atom is 0.293 e. The highest BCUT2D eigenvalue weighted by Gasteiger charge is 2.67. The van der Waals surface area contributed by atoms with Crippen LogP contribution in [0.15, 0.2) is 77.6 Å². The number of hydrogen-bond acceptors (Lipinski definition) is 7. The number of nitrogens with zero attached hydrogens (tertiary/aromatic N) is 6. The summed E-state index contributed by atoms with van der Waals surface area (Å²) in [5.74, 6) is -8.95. The van der Waals surface area contributed by atoms with Gasteiger partial charge in [0.2, 0.25) is 15.9 Å². The van der Waals surface area contributed by atoms with E-state index in [2.05, 4.69) is 41.0 Å². The normalized spacial score (nSPS) is 17.1. The number of anilines is 1. The highest BCUT2D eigenvalue weighted by atomic mass is 35.5. The average Bonchev–Trinajstić information content (AvgIpc) is 3.75. The monoisotopic (exact) mass is 936 g/mol. The highest BCUT2D eigenvalue weighted by molar-refractivity contribution is 7.92. The summed E-state index contributed by atoms with van der Waals surface area (Å²) in [5.41, 5.74) is 0.0109. The number of aryl methyl sites for hydroxylation is 1. The van der Waals surface area contributed by atoms with Crippen LogP contribution in [0.3, 0.4) is 0 Å². The molecule has 4 aromatic carbocycles. The molecule has 0 aliphatic heterocycles. The van der Waals surface area contributed by atoms with E-state index in [1.807, 2.05) is 24.3 Å². The van der Waals surface area contributed by atoms with Gasteiger partial charge in [0.25, 0.3) is 17.9 Å². The van der Waals surface area contributed by atoms with E-state index in [1.165, 1.54) is 23.9 Å². The lowest BCUT2D eigenvalue weighted by Gasteiger charge is -2.24. The van der Waals surface area contributed by atoms with Gasteiger partial charge >= 0.3 is 0 Å². The number of hydrogen-bond donors (Lipinski definition) is 2. The summed E-state index contributed by atoms with van der Waals surface area (Å²) in [6.45, 7) is 5.25. The van der Waals surface area contributed by atoms with E-state index in [0.29, 0.717) is 16.3 Å². The standard InChI is InChI=1S/C45H39ClF6N8O4S/c1-44(2,3)24-9-6-22(7-10-24)23-8-11-27-31(17-23)54-42(60(43(27)62)33-13-12-30(46)36-38(33)58(4)56-41(36)57-65(5,63)64)32(16-21-14-25(47)18-26(48)15-21)53-34(61)20-59-39-35(37(55-59)40(49)50)28-19-29(28)45(39,51)52/h6-15,17-18,28-29,32,40H,16,19-20H2,1-5H3,(H,53,61)(H,56,57)/t28-,29+,32-/m0/s1. The zero-order chi connectivity index (χ0) is 46.7. The highest BCUT2D eigenvalue weighted by Crippen LogP contribution is 2.68. The molecule has 3 aromatic heterocycles. The molecular weight excluding hydrogens is 898 g/mol. The summed E-state index contributed by atoms with van der Waals surface area (Å²) in [5, 5.41) is 11.0. The van der Waals surface area contributed by atoms with Crippen LogP contribution in [0.5, 0.6) is 0 Å². The van der Waals surface area contributed by atoms with Crippen molar-refractivity contribution in [1.29, 1.82) is 0 Å². The lowest BCUT2D eigenvalue weighted by Crippen LogP contribution is -2.38. The Morgan fingerprint density at radius 2 is 1.65 bits per heavy atom. The van der Waals surface area contributed by atoms with E-state index in [0.717, 1.165) is 34.1 Å². The SMILES string of the molecule is Cn1nc(NS(C)(=O)=O)c2c(Cl)ccc(-n3c([C@H](Cc4cc(F)cc(F)c4)NC(=O)Cn4nc(C(F)F)c5c4C(F)(F)[C@@H]4C[C@H]54)nc4cc(-c5ccc(C(C)(C)C)cc5)ccc4c3=O)c21. The first-order chi connectivity index (χ1) is 30.5. The Bertz CT molecular complexity index is 3270. The molecule has 1 amide bonds. The van der Waals surface area contributed by atoms with Crippen molar-refractivity contribution in [2.45, 2.75) is 69.9 Å². The maximum absolute atomic E-state index is 15.6. The summed E-state index contributed by atoms with van der Waals surface area (Å²) in [7, 11) is -2.44. The second-order valence-corrected chi connectivity index (χ2v) is 19.7. The molecule has 338 valence electrons. The van der Waals surface area contributed by atoms with Crippen LogP contribution in [-0.4, -0.2) is 49.7 Å². The third-order valence-electron chi connectivity index (χ3n) is 11.9. The van der Waals surface area contributed by atoms with Crippen molar-refractivity contribution in [3.05, 3.63) is 134 Å². The van der Waals surface area contributed by atoms with Crippen LogP contribution in [0, 0.1) is 17.6 Å². The van der Waals surface area contributed by atoms with E-state index in [4.69, 9.17) is 16.6 Å². The van der Waals surface area contributed by atoms with Crippen LogP contribution in [0.1, 0.15) is 79.5 Å². The number of aromatic nitrogens is 6. The fourth-order valence-electron chi connectivity index (χ4n) is 8.92. The summed E-state index contributed by atoms with van der Waals surface area (Å²) in [4.78, 5) is 34.3. The molecule has 20 heteroatoms. The average molecular weight is 937 g/mol. The number of halogens is 7. The molecule has 1 saturated carbocycles. The number of carbonyl (C=O) groups is 1. The predicted molar refractivity (Wildman–Crippen MR) is 232 cm³/mol. The number of fused-ring (bicyclic) bond motifs is 5. The summed E-state index contributed by atoms with van der Waals surface area (Å²) in [6, 6.07) is 16.7. The topological polar surface area (TPSA) is 146 Å². The van der Waals surface area contributed by atoms with Gasteiger partial charge in [-0.2, -0.15) is 19.0 Å². The third-order valence-corrected chi connectivity index (χ3v) is 12.8. The molecule has 3 atom stereocenters. The van der Waals surface area contributed by atoms with Gasteiger partial charge < -0.3 is 5.32 Å². The molecule has 0 saturated heterocycles. The largest absolute Gasteiger partial charge is 0.344 e. The second kappa shape index (κ2) is 15.5. The fraction of sp³-hybridized carbons (Fsp3) is 0.311. The van der Waals surface area contributed by atoms with E-state index < -0.39 is 87.7 Å². The van der Waals surface area contributed by atoms with E-state index >= 15 is 13.6 Å². The van der Waals surface area contributed by atoms with Crippen molar-refractivity contribution in [1.82, 2.24) is 34.4 Å². The van der Waals surface area contributed by atoms with Gasteiger partial charge in [0, 0.05) is 31.0 Å². The lowest BCUT2D eigenvalue weighted by molar-refractivity contribution is -0.123. The van der Waals surface area contributed by atoms with E-state index in [1.54, 1.807) is 18.2 Å². The molecule has 2 aliphatic rings. The number of benzene rings is 4. The quantitative estimate of drug-likeness (QED) is 0.123. The Morgan fingerprint density at radius 3 is 2.29 bits per heavy atom. The van der Waals surface area contributed by atoms with Gasteiger partial charge in [-0.25, -0.2) is 31.0 Å². The van der Waals surface area contributed by atoms with Crippen LogP contribution >= 0.6 is 11.6 Å². The van der Waals surface area contributed by atoms with Crippen LogP contribution in [0.25, 0.3) is 38.6 Å². The van der Waals surface area contributed by atoms with Crippen LogP contribution in [0.2, 0.25) is 5.02 Å². The van der Waals surface area contributed by atoms with Crippen molar-refractivity contribution in [2.24, 2.45) is 13.0 Å². The molecule has 2 aliphatic carbocycles. The molecule has 12 nitrogen and oxygen atoms in total. The number of nitrogens with one attached hydrogen (secondary N) is 2. The molecule has 1 fully saturated rings. The smallest absolute Gasteiger partial charge is 0.293 e. The molecule has 0 bridgehead atoms. The summed E-state index contributed by atoms with van der Waals surface area (Å²) >= 11 is 6.66. The molecule has 0 radical (unpaired) electrons. The minimum absolute atomic E-state index is 0.000572. The summed E-state index contributed by atoms with van der Waals surface area (Å²) in [6.07, 6.45) is -2.74. The first-order valence-corrected chi connectivity index (χ1v) is 22.6. The number of sulfonamides is 1. The number of carbonyl (C=O) groups excluding carboxylic acids is 1. The van der Waals surface area contributed by atoms with Gasteiger partial charge in [-0.15, -0.1) is 0 Å². The van der Waals surface area contributed by atoms with Gasteiger partial charge in [0.15, 0.2) is 5.82 Å². The fourth-order valence-corrected chi connectivity index (χ4v) is 9.66. The number of rotatable bonds is 11. The van der Waals surface area contributed by atoms with E-state index in [-0.39, 0.29) is 67.1 Å². The molecule has 7 aromatic rings. The van der Waals surface area contributed by atoms with Gasteiger partial charge in [-0.3, -0.25) is 28.2 Å². The van der Waals surface area contributed by atoms with Crippen molar-refractivity contribution < 1.29 is 39.6 Å². The second-order valence-electron chi connectivity index (χ2n) is 17.6. The Kier molecular flexibility index (Phi) is 10.5. The Hall–Kier alpha value is -6.21. The third kappa shape index (κ3) is 7.91. The Balaban J connectivity index is 1.25. The molecule has 2 N–H and O–H groups in total. The number of amides is 1. The van der Waals surface area contributed by atoms with Gasteiger partial charge in [-0.05, 0) is 76.4 Å². The van der Waals surface area contributed by atoms with Gasteiger partial charge in [0.1, 0.15) is 35.4 Å². The van der Waals surface area contributed by atoms with Crippen molar-refractivity contribution in [3.63, 3.8) is 0 Å². The van der Waals surface area contributed by atoms with Gasteiger partial charge in [0.05, 0.1) is 44.8 Å². The van der Waals surface area contributed by atoms with Crippen LogP contribution in [0.4, 0.5) is 32.2 Å². The summed E-state index contributed by atoms with van der Waals surface area (Å²) < 4.78 is 119. The molecule has 0 spiro atoms. The van der Waals surface area contributed by atoms with E-state index in [9.17, 15) is 30.8 Å². The molecule has 9 rings (SSSR count). The van der Waals surface area contributed by atoms with Crippen LogP contribution < -0.4 is 15.6 Å². The Labute approximate surface area is 372 Å². The van der Waals surface area contributed by atoms with Crippen molar-refractivity contribution in [2.75, 3.05) is 11.0 Å². The van der Waals surface area contributed by atoms with Crippen LogP contribution in [-0.2, 0) is 46.2 Å². The maximum atomic E-state index is 15.6. The predicted octanol–water partition coefficient (Wildman–Crippen LogP) is 8.98. The molecular formula is C45H39ClF6N8O4S. The minimum Gasteiger partial charge on any atom is -0.344 e. The van der Waals surface area contributed by atoms with Gasteiger partial charge in [-0.1, -0.05) is 62.7 Å². The molecule has 65 heavy (non-hydrogen) atoms. The Morgan fingerprint density at radius 1 is 0.969 bits per heavy atom. The zero-order valence-corrected chi connectivity index (χ0v) is 36.8. The van der Waals surface area contributed by atoms with Crippen molar-refractivity contribution >= 4 is 55.2 Å². The lowest BCUT2D eigenvalue weighted by atomic mass is 9.86. The molecule has 0 unspecified atom stereocenters. The van der Waals surface area contributed by atoms with Crippen molar-refractivity contribution in [3.8, 4) is 16.8 Å². The number of alkyl halides is 4. The zero-order valence-electron chi connectivity index (χ0n) is 35.2. The molecule has 3 heterocycles. The first kappa shape index (κ1) is 44.0. The minimum atomic E-state index is -3.91.